The van der Waals surface area contributed by atoms with Crippen LogP contribution in [0.15, 0.2) is 18.3 Å². The van der Waals surface area contributed by atoms with E-state index < -0.39 is 0 Å². The third-order valence-electron chi connectivity index (χ3n) is 2.83. The number of aromatic nitrogens is 1. The molecule has 1 N–H and O–H groups in total. The second-order valence-electron chi connectivity index (χ2n) is 4.32. The van der Waals surface area contributed by atoms with Crippen LogP contribution in [-0.2, 0) is 0 Å². The topological polar surface area (TPSA) is 28.2 Å². The number of pyridine rings is 1. The summed E-state index contributed by atoms with van der Waals surface area (Å²) < 4.78 is 0. The molecular weight excluding hydrogens is 218 g/mol. The van der Waals surface area contributed by atoms with Gasteiger partial charge in [0.1, 0.15) is 5.82 Å². The number of nitrogens with zero attached hydrogens (tertiary/aromatic N) is 2. The summed E-state index contributed by atoms with van der Waals surface area (Å²) >= 11 is 2.05. The first-order chi connectivity index (χ1) is 7.75. The Morgan fingerprint density at radius 2 is 2.12 bits per heavy atom. The second-order valence-corrected chi connectivity index (χ2v) is 5.55. The van der Waals surface area contributed by atoms with Crippen LogP contribution < -0.4 is 10.2 Å². The fourth-order valence-electron chi connectivity index (χ4n) is 1.83. The summed E-state index contributed by atoms with van der Waals surface area (Å²) in [6.07, 6.45) is 4.37. The molecule has 1 fully saturated rings. The molecule has 1 aliphatic heterocycles. The van der Waals surface area contributed by atoms with Crippen LogP contribution in [0, 0.1) is 0 Å². The summed E-state index contributed by atoms with van der Waals surface area (Å²) in [7, 11) is 4.10. The molecule has 0 bridgehead atoms. The Kier molecular flexibility index (Phi) is 3.93. The molecule has 16 heavy (non-hydrogen) atoms. The van der Waals surface area contributed by atoms with Gasteiger partial charge >= 0.3 is 0 Å². The van der Waals surface area contributed by atoms with E-state index >= 15 is 0 Å². The van der Waals surface area contributed by atoms with Crippen molar-refractivity contribution in [1.82, 2.24) is 4.98 Å². The lowest BCUT2D eigenvalue weighted by atomic mass is 10.1. The van der Waals surface area contributed by atoms with Gasteiger partial charge in [-0.1, -0.05) is 0 Å². The predicted octanol–water partition coefficient (Wildman–Crippen LogP) is 2.46. The Hall–Kier alpha value is -0.900. The standard InChI is InChI=1S/C12H19N3S/c1-15(2)11-3-6-13-12(9-11)14-10-4-7-16-8-5-10/h3,6,9-10H,4-5,7-8H2,1-2H3,(H,13,14). The van der Waals surface area contributed by atoms with E-state index in [4.69, 9.17) is 0 Å². The summed E-state index contributed by atoms with van der Waals surface area (Å²) in [5, 5.41) is 3.53. The number of rotatable bonds is 3. The second kappa shape index (κ2) is 5.43. The quantitative estimate of drug-likeness (QED) is 0.874. The smallest absolute Gasteiger partial charge is 0.128 e. The minimum Gasteiger partial charge on any atom is -0.378 e. The van der Waals surface area contributed by atoms with Gasteiger partial charge in [-0.25, -0.2) is 4.98 Å². The molecule has 0 aliphatic carbocycles. The van der Waals surface area contributed by atoms with E-state index in [0.717, 1.165) is 5.82 Å². The van der Waals surface area contributed by atoms with Gasteiger partial charge in [0.25, 0.3) is 0 Å². The van der Waals surface area contributed by atoms with Crippen LogP contribution in [0.4, 0.5) is 11.5 Å². The van der Waals surface area contributed by atoms with Crippen molar-refractivity contribution in [3.8, 4) is 0 Å². The van der Waals surface area contributed by atoms with Gasteiger partial charge in [-0.15, -0.1) is 0 Å². The van der Waals surface area contributed by atoms with Gasteiger partial charge in [0.2, 0.25) is 0 Å². The highest BCUT2D eigenvalue weighted by molar-refractivity contribution is 7.99. The molecule has 2 rings (SSSR count). The average Bonchev–Trinajstić information content (AvgIpc) is 2.30. The molecule has 0 amide bonds. The molecule has 3 nitrogen and oxygen atoms in total. The summed E-state index contributed by atoms with van der Waals surface area (Å²) in [5.41, 5.74) is 1.20. The van der Waals surface area contributed by atoms with Crippen LogP contribution in [0.1, 0.15) is 12.8 Å². The summed E-state index contributed by atoms with van der Waals surface area (Å²) in [6, 6.07) is 4.75. The van der Waals surface area contributed by atoms with Gasteiger partial charge in [0.15, 0.2) is 0 Å². The van der Waals surface area contributed by atoms with Crippen molar-refractivity contribution in [1.29, 1.82) is 0 Å². The van der Waals surface area contributed by atoms with Crippen LogP contribution in [0.2, 0.25) is 0 Å². The Morgan fingerprint density at radius 1 is 1.38 bits per heavy atom. The largest absolute Gasteiger partial charge is 0.378 e. The van der Waals surface area contributed by atoms with Gasteiger partial charge in [-0.3, -0.25) is 0 Å². The van der Waals surface area contributed by atoms with Gasteiger partial charge < -0.3 is 10.2 Å². The molecular formula is C12H19N3S. The van der Waals surface area contributed by atoms with Crippen molar-refractivity contribution in [3.05, 3.63) is 18.3 Å². The number of anilines is 2. The monoisotopic (exact) mass is 237 g/mol. The molecule has 0 atom stereocenters. The first kappa shape index (κ1) is 11.6. The minimum absolute atomic E-state index is 0.603. The van der Waals surface area contributed by atoms with Crippen molar-refractivity contribution >= 4 is 23.3 Å². The molecule has 0 aromatic carbocycles. The van der Waals surface area contributed by atoms with Gasteiger partial charge in [0, 0.05) is 38.1 Å². The maximum Gasteiger partial charge on any atom is 0.128 e. The van der Waals surface area contributed by atoms with Crippen LogP contribution in [0.5, 0.6) is 0 Å². The maximum atomic E-state index is 4.37. The van der Waals surface area contributed by atoms with Gasteiger partial charge in [-0.2, -0.15) is 11.8 Å². The van der Waals surface area contributed by atoms with Crippen LogP contribution >= 0.6 is 11.8 Å². The van der Waals surface area contributed by atoms with Crippen LogP contribution in [0.3, 0.4) is 0 Å². The van der Waals surface area contributed by atoms with Crippen LogP contribution in [-0.4, -0.2) is 36.6 Å². The highest BCUT2D eigenvalue weighted by Gasteiger charge is 2.13. The molecule has 0 radical (unpaired) electrons. The number of thioether (sulfide) groups is 1. The lowest BCUT2D eigenvalue weighted by Gasteiger charge is -2.23. The van der Waals surface area contributed by atoms with Crippen molar-refractivity contribution in [2.45, 2.75) is 18.9 Å². The third-order valence-corrected chi connectivity index (χ3v) is 3.88. The average molecular weight is 237 g/mol. The number of nitrogens with one attached hydrogen (secondary N) is 1. The van der Waals surface area contributed by atoms with E-state index in [1.54, 1.807) is 0 Å². The fourth-order valence-corrected chi connectivity index (χ4v) is 2.93. The van der Waals surface area contributed by atoms with E-state index in [1.165, 1.54) is 30.0 Å². The Labute approximate surface area is 102 Å². The SMILES string of the molecule is CN(C)c1ccnc(NC2CCSCC2)c1. The van der Waals surface area contributed by atoms with Gasteiger partial charge in [0.05, 0.1) is 0 Å². The molecule has 1 aliphatic rings. The fraction of sp³-hybridized carbons (Fsp3) is 0.583. The molecule has 1 aromatic heterocycles. The zero-order valence-electron chi connectivity index (χ0n) is 9.94. The highest BCUT2D eigenvalue weighted by Crippen LogP contribution is 2.21. The normalized spacial score (nSPS) is 17.1. The van der Waals surface area contributed by atoms with Crippen molar-refractivity contribution < 1.29 is 0 Å². The summed E-state index contributed by atoms with van der Waals surface area (Å²) in [4.78, 5) is 6.47. The van der Waals surface area contributed by atoms with E-state index in [-0.39, 0.29) is 0 Å². The zero-order chi connectivity index (χ0) is 11.4. The molecule has 0 unspecified atom stereocenters. The van der Waals surface area contributed by atoms with E-state index in [2.05, 4.69) is 35.4 Å². The van der Waals surface area contributed by atoms with Crippen molar-refractivity contribution in [3.63, 3.8) is 0 Å². The van der Waals surface area contributed by atoms with Gasteiger partial charge in [-0.05, 0) is 30.4 Å². The number of hydrogen-bond acceptors (Lipinski definition) is 4. The zero-order valence-corrected chi connectivity index (χ0v) is 10.8. The van der Waals surface area contributed by atoms with E-state index in [0.29, 0.717) is 6.04 Å². The van der Waals surface area contributed by atoms with Crippen LogP contribution in [0.25, 0.3) is 0 Å². The lowest BCUT2D eigenvalue weighted by molar-refractivity contribution is 0.664. The molecule has 0 spiro atoms. The number of hydrogen-bond donors (Lipinski definition) is 1. The predicted molar refractivity (Wildman–Crippen MR) is 72.5 cm³/mol. The molecule has 2 heterocycles. The minimum atomic E-state index is 0.603. The molecule has 1 aromatic rings. The molecule has 88 valence electrons. The molecule has 0 saturated carbocycles. The van der Waals surface area contributed by atoms with Crippen molar-refractivity contribution in [2.75, 3.05) is 35.8 Å². The molecule has 4 heteroatoms. The first-order valence-electron chi connectivity index (χ1n) is 5.73. The van der Waals surface area contributed by atoms with E-state index in [9.17, 15) is 0 Å². The third kappa shape index (κ3) is 3.04. The highest BCUT2D eigenvalue weighted by atomic mass is 32.2. The Bertz CT molecular complexity index is 335. The Morgan fingerprint density at radius 3 is 2.81 bits per heavy atom. The summed E-state index contributed by atoms with van der Waals surface area (Å²) in [5.74, 6) is 3.54. The lowest BCUT2D eigenvalue weighted by Crippen LogP contribution is -2.25. The Balaban J connectivity index is 2.00. The maximum absolute atomic E-state index is 4.37. The first-order valence-corrected chi connectivity index (χ1v) is 6.89. The van der Waals surface area contributed by atoms with Crippen molar-refractivity contribution in [2.24, 2.45) is 0 Å². The van der Waals surface area contributed by atoms with E-state index in [1.807, 2.05) is 24.0 Å². The molecule has 1 saturated heterocycles. The summed E-state index contributed by atoms with van der Waals surface area (Å²) in [6.45, 7) is 0.